The van der Waals surface area contributed by atoms with E-state index < -0.39 is 0 Å². The maximum absolute atomic E-state index is 5.61. The normalized spacial score (nSPS) is 18.2. The second-order valence-corrected chi connectivity index (χ2v) is 4.91. The number of thioether (sulfide) groups is 1. The van der Waals surface area contributed by atoms with Gasteiger partial charge in [0, 0.05) is 18.1 Å². The zero-order chi connectivity index (χ0) is 11.2. The minimum Gasteiger partial charge on any atom is -0.492 e. The van der Waals surface area contributed by atoms with Gasteiger partial charge in [-0.05, 0) is 24.3 Å². The van der Waals surface area contributed by atoms with Gasteiger partial charge in [-0.2, -0.15) is 11.8 Å². The van der Waals surface area contributed by atoms with Crippen LogP contribution in [0.4, 0.5) is 0 Å². The van der Waals surface area contributed by atoms with Crippen LogP contribution in [-0.4, -0.2) is 37.9 Å². The van der Waals surface area contributed by atoms with Crippen LogP contribution >= 0.6 is 11.8 Å². The lowest BCUT2D eigenvalue weighted by molar-refractivity contribution is 0.146. The average Bonchev–Trinajstić information content (AvgIpc) is 3.12. The van der Waals surface area contributed by atoms with E-state index in [4.69, 9.17) is 14.2 Å². The molecular formula is C12H16O3S. The Morgan fingerprint density at radius 1 is 1.12 bits per heavy atom. The van der Waals surface area contributed by atoms with Gasteiger partial charge in [0.1, 0.15) is 24.7 Å². The third kappa shape index (κ3) is 3.94. The first kappa shape index (κ1) is 11.6. The third-order valence-corrected chi connectivity index (χ3v) is 3.16. The topological polar surface area (TPSA) is 27.7 Å². The molecule has 88 valence electrons. The van der Waals surface area contributed by atoms with Crippen molar-refractivity contribution in [3.8, 4) is 11.5 Å². The molecule has 1 unspecified atom stereocenters. The monoisotopic (exact) mass is 240 g/mol. The van der Waals surface area contributed by atoms with Gasteiger partial charge in [0.05, 0.1) is 6.61 Å². The maximum atomic E-state index is 5.61. The van der Waals surface area contributed by atoms with E-state index in [1.165, 1.54) is 5.75 Å². The minimum absolute atomic E-state index is 0.579. The lowest BCUT2D eigenvalue weighted by atomic mass is 10.3. The number of benzene rings is 1. The Balaban J connectivity index is 1.74. The lowest BCUT2D eigenvalue weighted by Crippen LogP contribution is -2.05. The van der Waals surface area contributed by atoms with Gasteiger partial charge >= 0.3 is 0 Å². The fraction of sp³-hybridized carbons (Fsp3) is 0.500. The van der Waals surface area contributed by atoms with Crippen LogP contribution in [-0.2, 0) is 4.74 Å². The second kappa shape index (κ2) is 6.01. The Morgan fingerprint density at radius 3 is 2.31 bits per heavy atom. The van der Waals surface area contributed by atoms with Crippen LogP contribution in [0.2, 0.25) is 0 Å². The van der Waals surface area contributed by atoms with Gasteiger partial charge in [-0.25, -0.2) is 0 Å². The molecule has 4 heteroatoms. The second-order valence-electron chi connectivity index (χ2n) is 3.58. The van der Waals surface area contributed by atoms with Crippen LogP contribution in [0.3, 0.4) is 0 Å². The Hall–Kier alpha value is -0.870. The first-order chi connectivity index (χ1) is 7.88. The van der Waals surface area contributed by atoms with E-state index in [2.05, 4.69) is 0 Å². The molecule has 2 rings (SSSR count). The van der Waals surface area contributed by atoms with Crippen molar-refractivity contribution in [3.05, 3.63) is 24.3 Å². The van der Waals surface area contributed by atoms with E-state index in [1.54, 1.807) is 7.11 Å². The Kier molecular flexibility index (Phi) is 4.36. The number of rotatable bonds is 7. The van der Waals surface area contributed by atoms with Crippen molar-refractivity contribution in [1.82, 2.24) is 0 Å². The minimum atomic E-state index is 0.579. The molecule has 1 aliphatic rings. The van der Waals surface area contributed by atoms with Crippen molar-refractivity contribution < 1.29 is 14.2 Å². The summed E-state index contributed by atoms with van der Waals surface area (Å²) in [6.07, 6.45) is 0. The fourth-order valence-corrected chi connectivity index (χ4v) is 1.62. The quantitative estimate of drug-likeness (QED) is 0.539. The summed E-state index contributed by atoms with van der Waals surface area (Å²) in [5.41, 5.74) is 0. The highest BCUT2D eigenvalue weighted by Gasteiger charge is 2.22. The number of ether oxygens (including phenoxy) is 3. The molecule has 0 spiro atoms. The van der Waals surface area contributed by atoms with Gasteiger partial charge in [-0.3, -0.25) is 0 Å². The summed E-state index contributed by atoms with van der Waals surface area (Å²) in [5, 5.41) is 0.706. The zero-order valence-corrected chi connectivity index (χ0v) is 10.2. The van der Waals surface area contributed by atoms with Crippen molar-refractivity contribution in [2.24, 2.45) is 0 Å². The summed E-state index contributed by atoms with van der Waals surface area (Å²) in [6.45, 7) is 2.00. The molecule has 0 N–H and O–H groups in total. The van der Waals surface area contributed by atoms with Gasteiger partial charge in [0.15, 0.2) is 0 Å². The van der Waals surface area contributed by atoms with Crippen molar-refractivity contribution in [1.29, 1.82) is 0 Å². The van der Waals surface area contributed by atoms with Crippen molar-refractivity contribution in [2.75, 3.05) is 32.7 Å². The first-order valence-electron chi connectivity index (χ1n) is 5.34. The number of hydrogen-bond donors (Lipinski definition) is 0. The summed E-state index contributed by atoms with van der Waals surface area (Å²) in [7, 11) is 1.66. The molecular weight excluding hydrogens is 224 g/mol. The molecule has 0 aromatic heterocycles. The van der Waals surface area contributed by atoms with Crippen LogP contribution < -0.4 is 9.47 Å². The number of methoxy groups -OCH3 is 1. The van der Waals surface area contributed by atoms with Crippen LogP contribution in [0.1, 0.15) is 0 Å². The molecule has 1 heterocycles. The summed E-state index contributed by atoms with van der Waals surface area (Å²) < 4.78 is 16.0. The van der Waals surface area contributed by atoms with Crippen molar-refractivity contribution >= 4 is 11.8 Å². The van der Waals surface area contributed by atoms with E-state index in [0.29, 0.717) is 18.5 Å². The first-order valence-corrected chi connectivity index (χ1v) is 6.39. The van der Waals surface area contributed by atoms with Gasteiger partial charge < -0.3 is 14.2 Å². The molecule has 1 saturated heterocycles. The van der Waals surface area contributed by atoms with Gasteiger partial charge in [0.25, 0.3) is 0 Å². The Morgan fingerprint density at radius 2 is 1.75 bits per heavy atom. The molecule has 0 amide bonds. The molecule has 1 aromatic rings. The maximum Gasteiger partial charge on any atom is 0.119 e. The van der Waals surface area contributed by atoms with E-state index in [-0.39, 0.29) is 0 Å². The molecule has 1 atom stereocenters. The summed E-state index contributed by atoms with van der Waals surface area (Å²) in [5.74, 6) is 3.00. The predicted octanol–water partition coefficient (Wildman–Crippen LogP) is 2.21. The smallest absolute Gasteiger partial charge is 0.119 e. The lowest BCUT2D eigenvalue weighted by Gasteiger charge is -2.07. The van der Waals surface area contributed by atoms with Crippen LogP contribution in [0, 0.1) is 0 Å². The number of hydrogen-bond acceptors (Lipinski definition) is 4. The highest BCUT2D eigenvalue weighted by Crippen LogP contribution is 2.30. The molecule has 0 bridgehead atoms. The average molecular weight is 240 g/mol. The molecule has 1 fully saturated rings. The summed E-state index contributed by atoms with van der Waals surface area (Å²) in [6, 6.07) is 7.72. The largest absolute Gasteiger partial charge is 0.492 e. The zero-order valence-electron chi connectivity index (χ0n) is 9.35. The fourth-order valence-electron chi connectivity index (χ4n) is 1.23. The molecule has 16 heavy (non-hydrogen) atoms. The molecule has 3 nitrogen and oxygen atoms in total. The predicted molar refractivity (Wildman–Crippen MR) is 65.6 cm³/mol. The Labute approximate surface area is 100 Å². The van der Waals surface area contributed by atoms with Crippen molar-refractivity contribution in [2.45, 2.75) is 5.25 Å². The van der Waals surface area contributed by atoms with Gasteiger partial charge in [-0.1, -0.05) is 0 Å². The van der Waals surface area contributed by atoms with E-state index >= 15 is 0 Å². The van der Waals surface area contributed by atoms with E-state index in [0.717, 1.165) is 18.1 Å². The summed E-state index contributed by atoms with van der Waals surface area (Å²) >= 11 is 1.94. The SMILES string of the molecule is COCCOc1ccc(OCC2CS2)cc1. The van der Waals surface area contributed by atoms with E-state index in [9.17, 15) is 0 Å². The summed E-state index contributed by atoms with van der Waals surface area (Å²) in [4.78, 5) is 0. The third-order valence-electron chi connectivity index (χ3n) is 2.22. The van der Waals surface area contributed by atoms with Gasteiger partial charge in [0.2, 0.25) is 0 Å². The highest BCUT2D eigenvalue weighted by atomic mass is 32.2. The van der Waals surface area contributed by atoms with Crippen LogP contribution in [0.5, 0.6) is 11.5 Å². The highest BCUT2D eigenvalue weighted by molar-refractivity contribution is 8.06. The molecule has 1 aromatic carbocycles. The molecule has 0 aliphatic carbocycles. The standard InChI is InChI=1S/C12H16O3S/c1-13-6-7-14-10-2-4-11(5-3-10)15-8-12-9-16-12/h2-5,12H,6-9H2,1H3. The Bertz CT molecular complexity index is 309. The van der Waals surface area contributed by atoms with E-state index in [1.807, 2.05) is 36.0 Å². The van der Waals surface area contributed by atoms with Gasteiger partial charge in [-0.15, -0.1) is 0 Å². The van der Waals surface area contributed by atoms with Crippen LogP contribution in [0.15, 0.2) is 24.3 Å². The molecule has 1 aliphatic heterocycles. The molecule has 0 saturated carbocycles. The van der Waals surface area contributed by atoms with Crippen LogP contribution in [0.25, 0.3) is 0 Å². The molecule has 0 radical (unpaired) electrons. The van der Waals surface area contributed by atoms with Crippen molar-refractivity contribution in [3.63, 3.8) is 0 Å².